The standard InChI is InChI=1S/C12H26N2O2/c1-6-9(2)13-11(16)10(3)14-12(4,5)7-8-15/h9-10,14-15H,6-8H2,1-5H3,(H,13,16). The zero-order valence-corrected chi connectivity index (χ0v) is 11.1. The highest BCUT2D eigenvalue weighted by atomic mass is 16.3. The molecule has 0 aromatic carbocycles. The lowest BCUT2D eigenvalue weighted by molar-refractivity contribution is -0.123. The normalized spacial score (nSPS) is 15.6. The van der Waals surface area contributed by atoms with Crippen molar-refractivity contribution in [2.75, 3.05) is 6.61 Å². The topological polar surface area (TPSA) is 61.4 Å². The van der Waals surface area contributed by atoms with E-state index in [4.69, 9.17) is 5.11 Å². The summed E-state index contributed by atoms with van der Waals surface area (Å²) in [5.41, 5.74) is -0.221. The highest BCUT2D eigenvalue weighted by Crippen LogP contribution is 2.08. The molecule has 0 aromatic rings. The number of amides is 1. The molecule has 0 heterocycles. The second-order valence-corrected chi connectivity index (χ2v) is 5.04. The Morgan fingerprint density at radius 1 is 1.38 bits per heavy atom. The van der Waals surface area contributed by atoms with Crippen LogP contribution in [0.3, 0.4) is 0 Å². The Morgan fingerprint density at radius 3 is 2.38 bits per heavy atom. The maximum Gasteiger partial charge on any atom is 0.237 e. The Morgan fingerprint density at radius 2 is 1.94 bits per heavy atom. The second-order valence-electron chi connectivity index (χ2n) is 5.04. The summed E-state index contributed by atoms with van der Waals surface area (Å²) >= 11 is 0. The van der Waals surface area contributed by atoms with Crippen molar-refractivity contribution < 1.29 is 9.90 Å². The molecule has 4 heteroatoms. The fourth-order valence-corrected chi connectivity index (χ4v) is 1.47. The summed E-state index contributed by atoms with van der Waals surface area (Å²) in [5, 5.41) is 15.0. The quantitative estimate of drug-likeness (QED) is 0.612. The van der Waals surface area contributed by atoms with E-state index in [9.17, 15) is 4.79 Å². The third kappa shape index (κ3) is 6.08. The smallest absolute Gasteiger partial charge is 0.237 e. The maximum absolute atomic E-state index is 11.8. The number of hydrogen-bond acceptors (Lipinski definition) is 3. The van der Waals surface area contributed by atoms with Crippen molar-refractivity contribution in [2.45, 2.75) is 65.1 Å². The molecule has 0 fully saturated rings. The first-order chi connectivity index (χ1) is 7.32. The molecular weight excluding hydrogens is 204 g/mol. The Hall–Kier alpha value is -0.610. The molecular formula is C12H26N2O2. The molecule has 4 nitrogen and oxygen atoms in total. The molecule has 0 aliphatic heterocycles. The van der Waals surface area contributed by atoms with E-state index < -0.39 is 0 Å². The van der Waals surface area contributed by atoms with E-state index in [-0.39, 0.29) is 30.1 Å². The number of nitrogens with one attached hydrogen (secondary N) is 2. The van der Waals surface area contributed by atoms with Gasteiger partial charge in [0.15, 0.2) is 0 Å². The van der Waals surface area contributed by atoms with E-state index in [0.717, 1.165) is 6.42 Å². The van der Waals surface area contributed by atoms with Gasteiger partial charge in [-0.15, -0.1) is 0 Å². The maximum atomic E-state index is 11.8. The molecule has 2 unspecified atom stereocenters. The third-order valence-corrected chi connectivity index (χ3v) is 2.74. The summed E-state index contributed by atoms with van der Waals surface area (Å²) in [5.74, 6) is 0.0142. The number of aliphatic hydroxyl groups excluding tert-OH is 1. The fourth-order valence-electron chi connectivity index (χ4n) is 1.47. The minimum absolute atomic E-state index is 0.0142. The van der Waals surface area contributed by atoms with Gasteiger partial charge in [-0.1, -0.05) is 6.92 Å². The van der Waals surface area contributed by atoms with Crippen molar-refractivity contribution in [1.82, 2.24) is 10.6 Å². The van der Waals surface area contributed by atoms with E-state index in [1.165, 1.54) is 0 Å². The van der Waals surface area contributed by atoms with Crippen LogP contribution in [0.5, 0.6) is 0 Å². The number of aliphatic hydroxyl groups is 1. The summed E-state index contributed by atoms with van der Waals surface area (Å²) < 4.78 is 0. The lowest BCUT2D eigenvalue weighted by Gasteiger charge is -2.29. The molecule has 0 saturated carbocycles. The predicted octanol–water partition coefficient (Wildman–Crippen LogP) is 1.04. The number of rotatable bonds is 7. The zero-order valence-electron chi connectivity index (χ0n) is 11.1. The van der Waals surface area contributed by atoms with Crippen molar-refractivity contribution >= 4 is 5.91 Å². The van der Waals surface area contributed by atoms with Gasteiger partial charge in [-0.2, -0.15) is 0 Å². The van der Waals surface area contributed by atoms with Gasteiger partial charge in [0.25, 0.3) is 0 Å². The van der Waals surface area contributed by atoms with Crippen LogP contribution in [-0.2, 0) is 4.79 Å². The van der Waals surface area contributed by atoms with E-state index in [2.05, 4.69) is 10.6 Å². The SMILES string of the molecule is CCC(C)NC(=O)C(C)NC(C)(C)CCO. The van der Waals surface area contributed by atoms with Crippen LogP contribution in [0.4, 0.5) is 0 Å². The van der Waals surface area contributed by atoms with Crippen LogP contribution in [0.25, 0.3) is 0 Å². The first-order valence-electron chi connectivity index (χ1n) is 6.01. The highest BCUT2D eigenvalue weighted by Gasteiger charge is 2.23. The Kier molecular flexibility index (Phi) is 6.60. The van der Waals surface area contributed by atoms with Crippen LogP contribution in [0.2, 0.25) is 0 Å². The minimum Gasteiger partial charge on any atom is -0.396 e. The van der Waals surface area contributed by atoms with Gasteiger partial charge in [0.1, 0.15) is 0 Å². The zero-order chi connectivity index (χ0) is 12.8. The summed E-state index contributed by atoms with van der Waals surface area (Å²) in [4.78, 5) is 11.8. The molecule has 16 heavy (non-hydrogen) atoms. The highest BCUT2D eigenvalue weighted by molar-refractivity contribution is 5.81. The van der Waals surface area contributed by atoms with E-state index in [0.29, 0.717) is 6.42 Å². The molecule has 1 amide bonds. The molecule has 0 saturated heterocycles. The largest absolute Gasteiger partial charge is 0.396 e. The summed E-state index contributed by atoms with van der Waals surface area (Å²) in [6.07, 6.45) is 1.56. The van der Waals surface area contributed by atoms with Crippen LogP contribution in [0, 0.1) is 0 Å². The third-order valence-electron chi connectivity index (χ3n) is 2.74. The van der Waals surface area contributed by atoms with Gasteiger partial charge >= 0.3 is 0 Å². The first kappa shape index (κ1) is 15.4. The van der Waals surface area contributed by atoms with Crippen molar-refractivity contribution in [1.29, 1.82) is 0 Å². The first-order valence-corrected chi connectivity index (χ1v) is 6.01. The molecule has 2 atom stereocenters. The molecule has 3 N–H and O–H groups in total. The van der Waals surface area contributed by atoms with E-state index in [1.807, 2.05) is 34.6 Å². The fraction of sp³-hybridized carbons (Fsp3) is 0.917. The van der Waals surface area contributed by atoms with Crippen molar-refractivity contribution in [3.8, 4) is 0 Å². The number of hydrogen-bond donors (Lipinski definition) is 3. The van der Waals surface area contributed by atoms with Gasteiger partial charge in [-0.3, -0.25) is 4.79 Å². The van der Waals surface area contributed by atoms with E-state index in [1.54, 1.807) is 0 Å². The predicted molar refractivity (Wildman–Crippen MR) is 66.3 cm³/mol. The molecule has 0 aliphatic carbocycles. The van der Waals surface area contributed by atoms with Gasteiger partial charge in [0, 0.05) is 18.2 Å². The molecule has 0 bridgehead atoms. The van der Waals surface area contributed by atoms with Crippen LogP contribution in [0.1, 0.15) is 47.5 Å². The van der Waals surface area contributed by atoms with Gasteiger partial charge in [-0.25, -0.2) is 0 Å². The van der Waals surface area contributed by atoms with Crippen molar-refractivity contribution in [3.05, 3.63) is 0 Å². The van der Waals surface area contributed by atoms with Crippen LogP contribution >= 0.6 is 0 Å². The Labute approximate surface area is 98.8 Å². The lowest BCUT2D eigenvalue weighted by atomic mass is 10.00. The molecule has 0 radical (unpaired) electrons. The van der Waals surface area contributed by atoms with Crippen LogP contribution < -0.4 is 10.6 Å². The molecule has 0 rings (SSSR count). The van der Waals surface area contributed by atoms with Crippen LogP contribution in [-0.4, -0.2) is 35.2 Å². The van der Waals surface area contributed by atoms with Crippen LogP contribution in [0.15, 0.2) is 0 Å². The average Bonchev–Trinajstić information content (AvgIpc) is 2.16. The number of carbonyl (C=O) groups is 1. The molecule has 0 spiro atoms. The Balaban J connectivity index is 4.14. The van der Waals surface area contributed by atoms with Gasteiger partial charge in [0.05, 0.1) is 6.04 Å². The number of carbonyl (C=O) groups excluding carboxylic acids is 1. The monoisotopic (exact) mass is 230 g/mol. The van der Waals surface area contributed by atoms with E-state index >= 15 is 0 Å². The van der Waals surface area contributed by atoms with Gasteiger partial charge in [0.2, 0.25) is 5.91 Å². The summed E-state index contributed by atoms with van der Waals surface area (Å²) in [7, 11) is 0. The lowest BCUT2D eigenvalue weighted by Crippen LogP contribution is -2.53. The minimum atomic E-state index is -0.240. The summed E-state index contributed by atoms with van der Waals surface area (Å²) in [6.45, 7) is 9.96. The van der Waals surface area contributed by atoms with Gasteiger partial charge < -0.3 is 15.7 Å². The van der Waals surface area contributed by atoms with Crippen molar-refractivity contribution in [2.24, 2.45) is 0 Å². The second kappa shape index (κ2) is 6.86. The molecule has 0 aromatic heterocycles. The van der Waals surface area contributed by atoms with Crippen molar-refractivity contribution in [3.63, 3.8) is 0 Å². The average molecular weight is 230 g/mol. The van der Waals surface area contributed by atoms with Gasteiger partial charge in [-0.05, 0) is 40.5 Å². The summed E-state index contributed by atoms with van der Waals surface area (Å²) in [6, 6.07) is -0.0340. The Bertz CT molecular complexity index is 217. The molecule has 96 valence electrons. The molecule has 0 aliphatic rings.